The molecule has 1 aromatic carbocycles. The summed E-state index contributed by atoms with van der Waals surface area (Å²) in [6.07, 6.45) is 0. The monoisotopic (exact) mass is 307 g/mol. The molecule has 6 heteroatoms. The van der Waals surface area contributed by atoms with E-state index in [1.54, 1.807) is 29.2 Å². The van der Waals surface area contributed by atoms with Gasteiger partial charge in [-0.15, -0.1) is 0 Å². The fourth-order valence-corrected chi connectivity index (χ4v) is 2.24. The van der Waals surface area contributed by atoms with Crippen molar-refractivity contribution in [3.05, 3.63) is 29.8 Å². The molecule has 0 unspecified atom stereocenters. The van der Waals surface area contributed by atoms with E-state index in [0.717, 1.165) is 0 Å². The number of ether oxygens (including phenoxy) is 2. The van der Waals surface area contributed by atoms with E-state index in [-0.39, 0.29) is 30.8 Å². The lowest BCUT2D eigenvalue weighted by molar-refractivity contribution is -0.133. The molecule has 22 heavy (non-hydrogen) atoms. The van der Waals surface area contributed by atoms with Gasteiger partial charge in [-0.3, -0.25) is 9.59 Å². The number of hydrogen-bond acceptors (Lipinski definition) is 5. The number of rotatable bonds is 5. The van der Waals surface area contributed by atoms with E-state index in [1.165, 1.54) is 6.92 Å². The summed E-state index contributed by atoms with van der Waals surface area (Å²) in [5, 5.41) is 9.22. The van der Waals surface area contributed by atoms with Gasteiger partial charge in [0.2, 0.25) is 0 Å². The lowest BCUT2D eigenvalue weighted by Gasteiger charge is -2.22. The lowest BCUT2D eigenvalue weighted by Crippen LogP contribution is -2.39. The van der Waals surface area contributed by atoms with Crippen LogP contribution in [0, 0.1) is 5.92 Å². The molecule has 1 aromatic rings. The third-order valence-electron chi connectivity index (χ3n) is 3.57. The second-order valence-corrected chi connectivity index (χ2v) is 5.33. The molecule has 1 atom stereocenters. The topological polar surface area (TPSA) is 76.1 Å². The predicted octanol–water partition coefficient (Wildman–Crippen LogP) is 0.735. The Hall–Kier alpha value is -1.92. The summed E-state index contributed by atoms with van der Waals surface area (Å²) in [5.74, 6) is 0.339. The van der Waals surface area contributed by atoms with Crippen LogP contribution >= 0.6 is 0 Å². The SMILES string of the molecule is CC(=O)c1ccc(OCC(=O)N2CCOC[C@H](CO)C2)cc1. The van der Waals surface area contributed by atoms with Crippen LogP contribution in [0.4, 0.5) is 0 Å². The summed E-state index contributed by atoms with van der Waals surface area (Å²) in [4.78, 5) is 25.0. The van der Waals surface area contributed by atoms with Crippen molar-refractivity contribution in [1.29, 1.82) is 0 Å². The van der Waals surface area contributed by atoms with E-state index in [1.807, 2.05) is 0 Å². The Morgan fingerprint density at radius 2 is 2.09 bits per heavy atom. The second-order valence-electron chi connectivity index (χ2n) is 5.33. The molecular weight excluding hydrogens is 286 g/mol. The highest BCUT2D eigenvalue weighted by molar-refractivity contribution is 5.94. The van der Waals surface area contributed by atoms with Crippen LogP contribution in [0.5, 0.6) is 5.75 Å². The van der Waals surface area contributed by atoms with Crippen LogP contribution in [0.25, 0.3) is 0 Å². The van der Waals surface area contributed by atoms with Gasteiger partial charge in [0.05, 0.1) is 13.2 Å². The van der Waals surface area contributed by atoms with Crippen molar-refractivity contribution < 1.29 is 24.2 Å². The first-order valence-electron chi connectivity index (χ1n) is 7.30. The van der Waals surface area contributed by atoms with Crippen LogP contribution in [0.3, 0.4) is 0 Å². The number of ketones is 1. The van der Waals surface area contributed by atoms with Gasteiger partial charge in [0.25, 0.3) is 5.91 Å². The van der Waals surface area contributed by atoms with E-state index in [2.05, 4.69) is 0 Å². The smallest absolute Gasteiger partial charge is 0.260 e. The van der Waals surface area contributed by atoms with E-state index >= 15 is 0 Å². The van der Waals surface area contributed by atoms with E-state index in [4.69, 9.17) is 9.47 Å². The maximum absolute atomic E-state index is 12.2. The third kappa shape index (κ3) is 4.54. The molecule has 1 heterocycles. The maximum atomic E-state index is 12.2. The Balaban J connectivity index is 1.87. The molecule has 1 saturated heterocycles. The fraction of sp³-hybridized carbons (Fsp3) is 0.500. The molecule has 120 valence electrons. The van der Waals surface area contributed by atoms with E-state index in [0.29, 0.717) is 37.6 Å². The summed E-state index contributed by atoms with van der Waals surface area (Å²) in [5.41, 5.74) is 0.606. The summed E-state index contributed by atoms with van der Waals surface area (Å²) in [6.45, 7) is 3.33. The molecule has 0 saturated carbocycles. The Bertz CT molecular complexity index is 514. The third-order valence-corrected chi connectivity index (χ3v) is 3.57. The summed E-state index contributed by atoms with van der Waals surface area (Å²) in [6, 6.07) is 6.69. The number of nitrogens with zero attached hydrogens (tertiary/aromatic N) is 1. The average Bonchev–Trinajstić information content (AvgIpc) is 2.78. The second kappa shape index (κ2) is 7.91. The van der Waals surface area contributed by atoms with Crippen molar-refractivity contribution in [2.45, 2.75) is 6.92 Å². The maximum Gasteiger partial charge on any atom is 0.260 e. The summed E-state index contributed by atoms with van der Waals surface area (Å²) >= 11 is 0. The zero-order valence-corrected chi connectivity index (χ0v) is 12.7. The largest absolute Gasteiger partial charge is 0.484 e. The minimum absolute atomic E-state index is 0.00283. The van der Waals surface area contributed by atoms with Gasteiger partial charge in [0.1, 0.15) is 5.75 Å². The van der Waals surface area contributed by atoms with Crippen LogP contribution in [0.2, 0.25) is 0 Å². The van der Waals surface area contributed by atoms with Crippen LogP contribution in [0.15, 0.2) is 24.3 Å². The van der Waals surface area contributed by atoms with Crippen molar-refractivity contribution in [3.8, 4) is 5.75 Å². The highest BCUT2D eigenvalue weighted by Gasteiger charge is 2.22. The number of hydrogen-bond donors (Lipinski definition) is 1. The molecule has 1 fully saturated rings. The minimum atomic E-state index is -0.139. The summed E-state index contributed by atoms with van der Waals surface area (Å²) in [7, 11) is 0. The first-order chi connectivity index (χ1) is 10.6. The molecular formula is C16H21NO5. The van der Waals surface area contributed by atoms with Gasteiger partial charge in [-0.1, -0.05) is 0 Å². The van der Waals surface area contributed by atoms with Gasteiger partial charge in [0, 0.05) is 31.2 Å². The van der Waals surface area contributed by atoms with Gasteiger partial charge < -0.3 is 19.5 Å². The molecule has 0 radical (unpaired) electrons. The number of benzene rings is 1. The molecule has 1 aliphatic heterocycles. The summed E-state index contributed by atoms with van der Waals surface area (Å²) < 4.78 is 10.8. The predicted molar refractivity (Wildman–Crippen MR) is 79.9 cm³/mol. The molecule has 2 rings (SSSR count). The quantitative estimate of drug-likeness (QED) is 0.812. The first-order valence-corrected chi connectivity index (χ1v) is 7.30. The standard InChI is InChI=1S/C16H21NO5/c1-12(19)14-2-4-15(5-3-14)22-11-16(20)17-6-7-21-10-13(8-17)9-18/h2-5,13,18H,6-11H2,1H3/t13-/m0/s1. The molecule has 0 aromatic heterocycles. The molecule has 0 bridgehead atoms. The Labute approximate surface area is 129 Å². The highest BCUT2D eigenvalue weighted by atomic mass is 16.5. The normalized spacial score (nSPS) is 18.6. The Kier molecular flexibility index (Phi) is 5.91. The Morgan fingerprint density at radius 3 is 2.73 bits per heavy atom. The number of carbonyl (C=O) groups excluding carboxylic acids is 2. The lowest BCUT2D eigenvalue weighted by atomic mass is 10.1. The molecule has 0 aliphatic carbocycles. The van der Waals surface area contributed by atoms with Crippen LogP contribution in [0.1, 0.15) is 17.3 Å². The number of amides is 1. The molecule has 1 aliphatic rings. The molecule has 6 nitrogen and oxygen atoms in total. The van der Waals surface area contributed by atoms with Gasteiger partial charge in [0.15, 0.2) is 12.4 Å². The molecule has 1 N–H and O–H groups in total. The number of Topliss-reactive ketones (excluding diaryl/α,β-unsaturated/α-hetero) is 1. The van der Waals surface area contributed by atoms with Gasteiger partial charge >= 0.3 is 0 Å². The van der Waals surface area contributed by atoms with Crippen LogP contribution in [-0.4, -0.2) is 61.2 Å². The van der Waals surface area contributed by atoms with Crippen molar-refractivity contribution in [3.63, 3.8) is 0 Å². The minimum Gasteiger partial charge on any atom is -0.484 e. The van der Waals surface area contributed by atoms with Gasteiger partial charge in [-0.05, 0) is 31.2 Å². The van der Waals surface area contributed by atoms with Crippen molar-refractivity contribution in [1.82, 2.24) is 4.90 Å². The number of aliphatic hydroxyl groups is 1. The fourth-order valence-electron chi connectivity index (χ4n) is 2.24. The first kappa shape index (κ1) is 16.5. The van der Waals surface area contributed by atoms with Crippen molar-refractivity contribution >= 4 is 11.7 Å². The van der Waals surface area contributed by atoms with E-state index in [9.17, 15) is 14.7 Å². The average molecular weight is 307 g/mol. The van der Waals surface area contributed by atoms with Crippen LogP contribution < -0.4 is 4.74 Å². The van der Waals surface area contributed by atoms with Crippen LogP contribution in [-0.2, 0) is 9.53 Å². The highest BCUT2D eigenvalue weighted by Crippen LogP contribution is 2.13. The van der Waals surface area contributed by atoms with Crippen molar-refractivity contribution in [2.24, 2.45) is 5.92 Å². The van der Waals surface area contributed by atoms with Gasteiger partial charge in [-0.25, -0.2) is 0 Å². The molecule has 1 amide bonds. The zero-order valence-electron chi connectivity index (χ0n) is 12.7. The Morgan fingerprint density at radius 1 is 1.36 bits per heavy atom. The number of carbonyl (C=O) groups is 2. The van der Waals surface area contributed by atoms with Gasteiger partial charge in [-0.2, -0.15) is 0 Å². The van der Waals surface area contributed by atoms with E-state index < -0.39 is 0 Å². The zero-order chi connectivity index (χ0) is 15.9. The van der Waals surface area contributed by atoms with Crippen molar-refractivity contribution in [2.75, 3.05) is 39.5 Å². The molecule has 0 spiro atoms. The number of aliphatic hydroxyl groups excluding tert-OH is 1.